The van der Waals surface area contributed by atoms with Crippen LogP contribution < -0.4 is 5.56 Å². The lowest BCUT2D eigenvalue weighted by atomic mass is 10.1. The van der Waals surface area contributed by atoms with Crippen molar-refractivity contribution in [1.29, 1.82) is 0 Å². The third-order valence-electron chi connectivity index (χ3n) is 4.50. The molecule has 0 N–H and O–H groups in total. The number of rotatable bonds is 7. The average Bonchev–Trinajstić information content (AvgIpc) is 2.65. The van der Waals surface area contributed by atoms with Gasteiger partial charge in [-0.2, -0.15) is 5.10 Å². The molecule has 0 bridgehead atoms. The predicted molar refractivity (Wildman–Crippen MR) is 103 cm³/mol. The number of carbonyl (C=O) groups is 1. The van der Waals surface area contributed by atoms with Crippen molar-refractivity contribution in [3.05, 3.63) is 58.0 Å². The highest BCUT2D eigenvalue weighted by molar-refractivity contribution is 7.90. The van der Waals surface area contributed by atoms with Crippen molar-refractivity contribution in [3.63, 3.8) is 0 Å². The van der Waals surface area contributed by atoms with E-state index in [2.05, 4.69) is 5.10 Å². The van der Waals surface area contributed by atoms with Crippen LogP contribution in [-0.2, 0) is 16.4 Å². The molecule has 1 atom stereocenters. The van der Waals surface area contributed by atoms with E-state index in [4.69, 9.17) is 0 Å². The minimum Gasteiger partial charge on any atom is -0.334 e. The maximum absolute atomic E-state index is 12.8. The lowest BCUT2D eigenvalue weighted by molar-refractivity contribution is 0.0733. The Hall–Kier alpha value is -2.48. The van der Waals surface area contributed by atoms with Crippen LogP contribution in [0, 0.1) is 0 Å². The molecule has 1 amide bonds. The van der Waals surface area contributed by atoms with Crippen molar-refractivity contribution < 1.29 is 13.2 Å². The first-order valence-corrected chi connectivity index (χ1v) is 10.7. The fourth-order valence-corrected chi connectivity index (χ4v) is 3.24. The van der Waals surface area contributed by atoms with E-state index < -0.39 is 9.84 Å². The van der Waals surface area contributed by atoms with E-state index in [1.807, 2.05) is 13.8 Å². The molecule has 0 saturated carbocycles. The van der Waals surface area contributed by atoms with E-state index >= 15 is 0 Å². The van der Waals surface area contributed by atoms with Gasteiger partial charge in [0.1, 0.15) is 5.69 Å². The van der Waals surface area contributed by atoms with Gasteiger partial charge < -0.3 is 4.90 Å². The minimum atomic E-state index is -3.26. The Morgan fingerprint density at radius 2 is 1.81 bits per heavy atom. The van der Waals surface area contributed by atoms with E-state index in [0.717, 1.165) is 24.7 Å². The molecule has 7 nitrogen and oxygen atoms in total. The van der Waals surface area contributed by atoms with Crippen LogP contribution in [0.3, 0.4) is 0 Å². The average molecular weight is 391 g/mol. The lowest BCUT2D eigenvalue weighted by Crippen LogP contribution is -2.33. The van der Waals surface area contributed by atoms with Crippen LogP contribution in [0.25, 0.3) is 0 Å². The molecule has 1 unspecified atom stereocenters. The maximum Gasteiger partial charge on any atom is 0.274 e. The van der Waals surface area contributed by atoms with Gasteiger partial charge in [0.05, 0.1) is 10.9 Å². The van der Waals surface area contributed by atoms with Gasteiger partial charge in [0.2, 0.25) is 0 Å². The molecule has 1 aromatic carbocycles. The van der Waals surface area contributed by atoms with Crippen LogP contribution >= 0.6 is 0 Å². The highest BCUT2D eigenvalue weighted by Gasteiger charge is 2.21. The van der Waals surface area contributed by atoms with E-state index in [9.17, 15) is 18.0 Å². The summed E-state index contributed by atoms with van der Waals surface area (Å²) in [4.78, 5) is 26.4. The second kappa shape index (κ2) is 8.47. The van der Waals surface area contributed by atoms with Gasteiger partial charge in [-0.05, 0) is 37.1 Å². The van der Waals surface area contributed by atoms with Crippen molar-refractivity contribution in [2.45, 2.75) is 44.2 Å². The summed E-state index contributed by atoms with van der Waals surface area (Å²) in [6, 6.07) is 8.95. The Morgan fingerprint density at radius 3 is 2.37 bits per heavy atom. The molecule has 0 aliphatic rings. The SMILES string of the molecule is CCCCn1nc(C(=O)N(C)C(C)c2ccc(S(C)(=O)=O)cc2)ccc1=O. The number of hydrogen-bond donors (Lipinski definition) is 0. The van der Waals surface area contributed by atoms with E-state index in [1.54, 1.807) is 19.2 Å². The molecule has 8 heteroatoms. The molecule has 0 spiro atoms. The molecule has 0 aliphatic heterocycles. The Labute approximate surface area is 159 Å². The van der Waals surface area contributed by atoms with E-state index in [1.165, 1.54) is 33.8 Å². The second-order valence-corrected chi connectivity index (χ2v) is 8.58. The fourth-order valence-electron chi connectivity index (χ4n) is 2.60. The number of aromatic nitrogens is 2. The monoisotopic (exact) mass is 391 g/mol. The first-order valence-electron chi connectivity index (χ1n) is 8.80. The van der Waals surface area contributed by atoms with E-state index in [-0.39, 0.29) is 28.1 Å². The van der Waals surface area contributed by atoms with E-state index in [0.29, 0.717) is 6.54 Å². The summed E-state index contributed by atoms with van der Waals surface area (Å²) in [5.41, 5.74) is 0.775. The zero-order valence-electron chi connectivity index (χ0n) is 16.0. The first-order chi connectivity index (χ1) is 12.6. The number of aryl methyl sites for hydroxylation is 1. The zero-order chi connectivity index (χ0) is 20.2. The lowest BCUT2D eigenvalue weighted by Gasteiger charge is -2.25. The number of carbonyl (C=O) groups excluding carboxylic acids is 1. The topological polar surface area (TPSA) is 89.3 Å². The number of sulfone groups is 1. The largest absolute Gasteiger partial charge is 0.334 e. The van der Waals surface area contributed by atoms with Crippen LogP contribution in [0.4, 0.5) is 0 Å². The Bertz CT molecular complexity index is 965. The molecular weight excluding hydrogens is 366 g/mol. The third-order valence-corrected chi connectivity index (χ3v) is 5.63. The molecule has 0 aliphatic carbocycles. The third kappa shape index (κ3) is 5.03. The van der Waals surface area contributed by atoms with Crippen molar-refractivity contribution in [1.82, 2.24) is 14.7 Å². The van der Waals surface area contributed by atoms with Gasteiger partial charge in [0.15, 0.2) is 9.84 Å². The Balaban J connectivity index is 2.22. The summed E-state index contributed by atoms with van der Waals surface area (Å²) in [5.74, 6) is -0.306. The second-order valence-electron chi connectivity index (χ2n) is 6.57. The molecule has 2 aromatic rings. The summed E-state index contributed by atoms with van der Waals surface area (Å²) < 4.78 is 24.5. The number of unbranched alkanes of at least 4 members (excludes halogenated alkanes) is 1. The van der Waals surface area contributed by atoms with Gasteiger partial charge in [-0.1, -0.05) is 25.5 Å². The predicted octanol–water partition coefficient (Wildman–Crippen LogP) is 2.28. The standard InChI is InChI=1S/C19H25N3O4S/c1-5-6-13-22-18(23)12-11-17(20-22)19(24)21(3)14(2)15-7-9-16(10-8-15)27(4,25)26/h7-12,14H,5-6,13H2,1-4H3. The number of benzene rings is 1. The van der Waals surface area contributed by atoms with Crippen molar-refractivity contribution >= 4 is 15.7 Å². The maximum atomic E-state index is 12.8. The molecule has 0 saturated heterocycles. The van der Waals surface area contributed by atoms with Gasteiger partial charge in [0.25, 0.3) is 11.5 Å². The van der Waals surface area contributed by atoms with Crippen molar-refractivity contribution in [2.75, 3.05) is 13.3 Å². The van der Waals surface area contributed by atoms with Crippen molar-refractivity contribution in [2.24, 2.45) is 0 Å². The number of hydrogen-bond acceptors (Lipinski definition) is 5. The Kier molecular flexibility index (Phi) is 6.54. The van der Waals surface area contributed by atoms with Crippen molar-refractivity contribution in [3.8, 4) is 0 Å². The fraction of sp³-hybridized carbons (Fsp3) is 0.421. The van der Waals surface area contributed by atoms with Gasteiger partial charge in [-0.15, -0.1) is 0 Å². The van der Waals surface area contributed by atoms with Gasteiger partial charge in [-0.25, -0.2) is 13.1 Å². The first kappa shape index (κ1) is 20.8. The van der Waals surface area contributed by atoms with Gasteiger partial charge in [0, 0.05) is 25.9 Å². The molecule has 27 heavy (non-hydrogen) atoms. The summed E-state index contributed by atoms with van der Waals surface area (Å²) in [7, 11) is -1.61. The number of amides is 1. The summed E-state index contributed by atoms with van der Waals surface area (Å²) in [5, 5.41) is 4.19. The minimum absolute atomic E-state index is 0.202. The van der Waals surface area contributed by atoms with Crippen LogP contribution in [0.2, 0.25) is 0 Å². The Morgan fingerprint density at radius 1 is 1.19 bits per heavy atom. The quantitative estimate of drug-likeness (QED) is 0.722. The molecule has 1 heterocycles. The van der Waals surface area contributed by atoms with Gasteiger partial charge >= 0.3 is 0 Å². The summed E-state index contributed by atoms with van der Waals surface area (Å²) in [6.07, 6.45) is 2.89. The highest BCUT2D eigenvalue weighted by Crippen LogP contribution is 2.22. The zero-order valence-corrected chi connectivity index (χ0v) is 16.9. The molecule has 146 valence electrons. The molecule has 0 radical (unpaired) electrons. The number of nitrogens with zero attached hydrogens (tertiary/aromatic N) is 3. The molecule has 0 fully saturated rings. The smallest absolute Gasteiger partial charge is 0.274 e. The van der Waals surface area contributed by atoms with Crippen LogP contribution in [0.5, 0.6) is 0 Å². The molecule has 1 aromatic heterocycles. The highest BCUT2D eigenvalue weighted by atomic mass is 32.2. The van der Waals surface area contributed by atoms with Crippen LogP contribution in [-0.4, -0.2) is 42.3 Å². The summed E-state index contributed by atoms with van der Waals surface area (Å²) >= 11 is 0. The molecular formula is C19H25N3O4S. The summed E-state index contributed by atoms with van der Waals surface area (Å²) in [6.45, 7) is 4.34. The van der Waals surface area contributed by atoms with Crippen LogP contribution in [0.15, 0.2) is 46.1 Å². The van der Waals surface area contributed by atoms with Crippen LogP contribution in [0.1, 0.15) is 48.8 Å². The van der Waals surface area contributed by atoms with Gasteiger partial charge in [-0.3, -0.25) is 9.59 Å². The molecule has 2 rings (SSSR count). The normalized spacial score (nSPS) is 12.6.